The second kappa shape index (κ2) is 11.8. The average Bonchev–Trinajstić information content (AvgIpc) is 3.05. The van der Waals surface area contributed by atoms with Crippen molar-refractivity contribution in [3.05, 3.63) is 58.7 Å². The number of ether oxygens (including phenoxy) is 3. The topological polar surface area (TPSA) is 119 Å². The standard InChI is InChI=1S/C25H32O8/c1-6-15(3)23(28)31-13-18(9-10-26)25(30)33-20-11-14(2)7-8-19(27)16(4)12-21-22(20)17(5)24(29)32-21/h6-7,9,12,19-22,26-27H,5,8,10-11,13H2,1-4H3/b14-7+,15-6+,16-12-,18-9+/t19-,20-,21+,22-/m1/s1. The largest absolute Gasteiger partial charge is 0.458 e. The number of rotatable bonds is 6. The van der Waals surface area contributed by atoms with Crippen molar-refractivity contribution in [2.45, 2.75) is 58.8 Å². The molecule has 2 N–H and O–H groups in total. The van der Waals surface area contributed by atoms with Gasteiger partial charge in [0, 0.05) is 17.6 Å². The van der Waals surface area contributed by atoms with E-state index >= 15 is 0 Å². The molecule has 4 atom stereocenters. The number of carbonyl (C=O) groups is 3. The summed E-state index contributed by atoms with van der Waals surface area (Å²) in [5, 5.41) is 19.7. The van der Waals surface area contributed by atoms with Gasteiger partial charge in [0.05, 0.1) is 24.2 Å². The summed E-state index contributed by atoms with van der Waals surface area (Å²) in [4.78, 5) is 37.2. The van der Waals surface area contributed by atoms with Crippen LogP contribution in [0.25, 0.3) is 0 Å². The van der Waals surface area contributed by atoms with Crippen molar-refractivity contribution in [3.63, 3.8) is 0 Å². The second-order valence-corrected chi connectivity index (χ2v) is 8.24. The minimum Gasteiger partial charge on any atom is -0.458 e. The molecule has 1 aliphatic carbocycles. The quantitative estimate of drug-likeness (QED) is 0.269. The fraction of sp³-hybridized carbons (Fsp3) is 0.480. The zero-order chi connectivity index (χ0) is 24.7. The molecule has 1 saturated heterocycles. The van der Waals surface area contributed by atoms with Crippen LogP contribution in [0.1, 0.15) is 40.5 Å². The molecule has 0 bridgehead atoms. The van der Waals surface area contributed by atoms with Crippen molar-refractivity contribution in [1.82, 2.24) is 0 Å². The van der Waals surface area contributed by atoms with Crippen molar-refractivity contribution in [2.24, 2.45) is 5.92 Å². The maximum absolute atomic E-state index is 13.0. The van der Waals surface area contributed by atoms with Crippen molar-refractivity contribution in [2.75, 3.05) is 13.2 Å². The first-order chi connectivity index (χ1) is 15.6. The third kappa shape index (κ3) is 6.76. The maximum atomic E-state index is 13.0. The van der Waals surface area contributed by atoms with Crippen LogP contribution in [0.5, 0.6) is 0 Å². The highest BCUT2D eigenvalue weighted by molar-refractivity contribution is 5.93. The first-order valence-corrected chi connectivity index (χ1v) is 10.8. The summed E-state index contributed by atoms with van der Waals surface area (Å²) in [6.45, 7) is 9.87. The number of carbonyl (C=O) groups excluding carboxylic acids is 3. The Bertz CT molecular complexity index is 921. The van der Waals surface area contributed by atoms with Crippen LogP contribution in [0.2, 0.25) is 0 Å². The number of allylic oxidation sites excluding steroid dienone is 1. The molecule has 0 aromatic rings. The molecule has 0 aromatic heterocycles. The van der Waals surface area contributed by atoms with Gasteiger partial charge in [-0.25, -0.2) is 14.4 Å². The number of aliphatic hydroxyl groups excluding tert-OH is 2. The molecule has 2 aliphatic rings. The van der Waals surface area contributed by atoms with E-state index in [1.54, 1.807) is 32.9 Å². The molecule has 0 saturated carbocycles. The van der Waals surface area contributed by atoms with E-state index in [1.165, 1.54) is 6.08 Å². The molecule has 2 rings (SSSR count). The normalized spacial score (nSPS) is 29.8. The van der Waals surface area contributed by atoms with E-state index in [9.17, 15) is 24.6 Å². The van der Waals surface area contributed by atoms with E-state index in [0.717, 1.165) is 5.57 Å². The van der Waals surface area contributed by atoms with Gasteiger partial charge < -0.3 is 24.4 Å². The van der Waals surface area contributed by atoms with Crippen LogP contribution in [0.15, 0.2) is 58.7 Å². The lowest BCUT2D eigenvalue weighted by atomic mass is 9.85. The number of hydrogen-bond acceptors (Lipinski definition) is 8. The molecule has 0 radical (unpaired) electrons. The van der Waals surface area contributed by atoms with Gasteiger partial charge in [-0.05, 0) is 51.8 Å². The predicted molar refractivity (Wildman–Crippen MR) is 121 cm³/mol. The molecule has 1 fully saturated rings. The van der Waals surface area contributed by atoms with Gasteiger partial charge in [-0.15, -0.1) is 0 Å². The average molecular weight is 461 g/mol. The fourth-order valence-electron chi connectivity index (χ4n) is 3.59. The minimum absolute atomic E-state index is 0.0250. The smallest absolute Gasteiger partial charge is 0.337 e. The van der Waals surface area contributed by atoms with Crippen LogP contribution in [0.4, 0.5) is 0 Å². The van der Waals surface area contributed by atoms with Crippen molar-refractivity contribution in [3.8, 4) is 0 Å². The summed E-state index contributed by atoms with van der Waals surface area (Å²) < 4.78 is 16.3. The molecule has 33 heavy (non-hydrogen) atoms. The van der Waals surface area contributed by atoms with E-state index in [1.807, 2.05) is 13.0 Å². The molecule has 8 nitrogen and oxygen atoms in total. The minimum atomic E-state index is -0.799. The molecule has 0 amide bonds. The van der Waals surface area contributed by atoms with Crippen LogP contribution in [0.3, 0.4) is 0 Å². The van der Waals surface area contributed by atoms with Gasteiger partial charge in [0.25, 0.3) is 0 Å². The summed E-state index contributed by atoms with van der Waals surface area (Å²) in [5.41, 5.74) is 2.02. The van der Waals surface area contributed by atoms with E-state index in [4.69, 9.17) is 14.2 Å². The maximum Gasteiger partial charge on any atom is 0.337 e. The number of aliphatic hydroxyl groups is 2. The molecule has 0 aromatic carbocycles. The highest BCUT2D eigenvalue weighted by Gasteiger charge is 2.44. The van der Waals surface area contributed by atoms with Gasteiger partial charge in [0.1, 0.15) is 18.8 Å². The van der Waals surface area contributed by atoms with E-state index in [0.29, 0.717) is 17.6 Å². The Morgan fingerprint density at radius 3 is 2.64 bits per heavy atom. The molecule has 0 unspecified atom stereocenters. The van der Waals surface area contributed by atoms with Crippen molar-refractivity contribution in [1.29, 1.82) is 0 Å². The molecule has 1 heterocycles. The van der Waals surface area contributed by atoms with Gasteiger partial charge in [-0.3, -0.25) is 0 Å². The first-order valence-electron chi connectivity index (χ1n) is 10.8. The Morgan fingerprint density at radius 1 is 1.30 bits per heavy atom. The van der Waals surface area contributed by atoms with Crippen LogP contribution in [-0.2, 0) is 28.6 Å². The van der Waals surface area contributed by atoms with Crippen LogP contribution < -0.4 is 0 Å². The van der Waals surface area contributed by atoms with Crippen LogP contribution >= 0.6 is 0 Å². The Labute approximate surface area is 193 Å². The summed E-state index contributed by atoms with van der Waals surface area (Å²) >= 11 is 0. The Kier molecular flexibility index (Phi) is 9.37. The van der Waals surface area contributed by atoms with Gasteiger partial charge in [0.2, 0.25) is 0 Å². The monoisotopic (exact) mass is 460 g/mol. The van der Waals surface area contributed by atoms with E-state index in [2.05, 4.69) is 6.58 Å². The van der Waals surface area contributed by atoms with E-state index < -0.39 is 48.7 Å². The zero-order valence-corrected chi connectivity index (χ0v) is 19.5. The lowest BCUT2D eigenvalue weighted by molar-refractivity contribution is -0.148. The van der Waals surface area contributed by atoms with Gasteiger partial charge in [-0.1, -0.05) is 24.3 Å². The number of fused-ring (bicyclic) bond motifs is 1. The van der Waals surface area contributed by atoms with Crippen LogP contribution in [0, 0.1) is 5.92 Å². The zero-order valence-electron chi connectivity index (χ0n) is 19.5. The van der Waals surface area contributed by atoms with Crippen molar-refractivity contribution < 1.29 is 38.8 Å². The molecular weight excluding hydrogens is 428 g/mol. The Hall–Kier alpha value is -2.97. The van der Waals surface area contributed by atoms with Gasteiger partial charge in [0.15, 0.2) is 0 Å². The van der Waals surface area contributed by atoms with Gasteiger partial charge >= 0.3 is 17.9 Å². The molecule has 8 heteroatoms. The third-order valence-electron chi connectivity index (χ3n) is 5.80. The summed E-state index contributed by atoms with van der Waals surface area (Å²) in [6, 6.07) is 0. The Balaban J connectivity index is 2.31. The second-order valence-electron chi connectivity index (χ2n) is 8.24. The SMILES string of the molecule is C=C1C(=O)O[C@H]2/C=C(/C)[C@H](O)C/C=C(\C)C[C@@H](OC(=O)/C(=C/CO)COC(=O)/C(C)=C/C)[C@@H]12. The van der Waals surface area contributed by atoms with E-state index in [-0.39, 0.29) is 24.2 Å². The highest BCUT2D eigenvalue weighted by Crippen LogP contribution is 2.36. The third-order valence-corrected chi connectivity index (χ3v) is 5.80. The number of hydrogen-bond donors (Lipinski definition) is 2. The molecule has 180 valence electrons. The predicted octanol–water partition coefficient (Wildman–Crippen LogP) is 2.47. The number of esters is 3. The summed E-state index contributed by atoms with van der Waals surface area (Å²) in [6.07, 6.45) is 4.70. The lowest BCUT2D eigenvalue weighted by Gasteiger charge is -2.28. The molecule has 0 spiro atoms. The van der Waals surface area contributed by atoms with Gasteiger partial charge in [-0.2, -0.15) is 0 Å². The molecule has 1 aliphatic heterocycles. The van der Waals surface area contributed by atoms with Crippen molar-refractivity contribution >= 4 is 17.9 Å². The van der Waals surface area contributed by atoms with Crippen LogP contribution in [-0.4, -0.2) is 59.6 Å². The summed E-state index contributed by atoms with van der Waals surface area (Å²) in [7, 11) is 0. The first kappa shape index (κ1) is 26.3. The Morgan fingerprint density at radius 2 is 2.00 bits per heavy atom. The highest BCUT2D eigenvalue weighted by atomic mass is 16.6. The summed E-state index contributed by atoms with van der Waals surface area (Å²) in [5.74, 6) is -2.62. The fourth-order valence-corrected chi connectivity index (χ4v) is 3.59. The lowest BCUT2D eigenvalue weighted by Crippen LogP contribution is -2.34. The molecular formula is C25H32O8.